The molecule has 0 spiro atoms. The number of aliphatic hydroxyl groups is 1. The van der Waals surface area contributed by atoms with Gasteiger partial charge in [0, 0.05) is 13.1 Å². The fourth-order valence-electron chi connectivity index (χ4n) is 0.681. The smallest absolute Gasteiger partial charge is 0.0883 e. The lowest BCUT2D eigenvalue weighted by atomic mass is 10.3. The van der Waals surface area contributed by atoms with E-state index < -0.39 is 6.10 Å². The molecule has 3 nitrogen and oxygen atoms in total. The van der Waals surface area contributed by atoms with Crippen LogP contribution in [0, 0.1) is 0 Å². The number of anilines is 1. The Morgan fingerprint density at radius 3 is 3.09 bits per heavy atom. The minimum Gasteiger partial charge on any atom is -0.390 e. The molecule has 0 saturated carbocycles. The van der Waals surface area contributed by atoms with E-state index in [0.29, 0.717) is 13.1 Å². The number of rotatable bonds is 4. The standard InChI is InChI=1S/C7H12N2OS/c8-4-6(10)5-9-7-2-1-3-11-7/h1-3,6,9-10H,4-5,8H2. The van der Waals surface area contributed by atoms with Crippen LogP contribution in [0.25, 0.3) is 0 Å². The van der Waals surface area contributed by atoms with Gasteiger partial charge < -0.3 is 16.2 Å². The summed E-state index contributed by atoms with van der Waals surface area (Å²) in [6, 6.07) is 3.93. The zero-order chi connectivity index (χ0) is 8.10. The largest absolute Gasteiger partial charge is 0.390 e. The average Bonchev–Trinajstić information content (AvgIpc) is 2.52. The summed E-state index contributed by atoms with van der Waals surface area (Å²) in [6.45, 7) is 0.829. The molecule has 0 fully saturated rings. The molecular weight excluding hydrogens is 160 g/mol. The summed E-state index contributed by atoms with van der Waals surface area (Å²) in [4.78, 5) is 0. The zero-order valence-corrected chi connectivity index (χ0v) is 6.97. The number of nitrogens with one attached hydrogen (secondary N) is 1. The van der Waals surface area contributed by atoms with Crippen LogP contribution < -0.4 is 11.1 Å². The van der Waals surface area contributed by atoms with Gasteiger partial charge in [-0.2, -0.15) is 0 Å². The van der Waals surface area contributed by atoms with Crippen molar-refractivity contribution in [2.24, 2.45) is 5.73 Å². The summed E-state index contributed by atoms with van der Waals surface area (Å²) in [7, 11) is 0. The normalized spacial score (nSPS) is 12.9. The van der Waals surface area contributed by atoms with Crippen LogP contribution in [-0.4, -0.2) is 24.3 Å². The molecule has 0 bridgehead atoms. The first-order chi connectivity index (χ1) is 5.33. The lowest BCUT2D eigenvalue weighted by Crippen LogP contribution is -2.27. The molecular formula is C7H12N2OS. The van der Waals surface area contributed by atoms with Crippen LogP contribution in [0.4, 0.5) is 5.00 Å². The monoisotopic (exact) mass is 172 g/mol. The van der Waals surface area contributed by atoms with Gasteiger partial charge in [-0.3, -0.25) is 0 Å². The van der Waals surface area contributed by atoms with E-state index in [1.165, 1.54) is 0 Å². The highest BCUT2D eigenvalue weighted by atomic mass is 32.1. The molecule has 4 heteroatoms. The Hall–Kier alpha value is -0.580. The molecule has 0 radical (unpaired) electrons. The first kappa shape index (κ1) is 8.52. The van der Waals surface area contributed by atoms with Gasteiger partial charge in [0.1, 0.15) is 0 Å². The van der Waals surface area contributed by atoms with Crippen molar-refractivity contribution < 1.29 is 5.11 Å². The van der Waals surface area contributed by atoms with Gasteiger partial charge in [0.15, 0.2) is 0 Å². The molecule has 1 heterocycles. The van der Waals surface area contributed by atoms with Crippen LogP contribution in [0.2, 0.25) is 0 Å². The van der Waals surface area contributed by atoms with Gasteiger partial charge in [-0.15, -0.1) is 11.3 Å². The summed E-state index contributed by atoms with van der Waals surface area (Å²) in [5.41, 5.74) is 5.22. The Morgan fingerprint density at radius 1 is 1.73 bits per heavy atom. The number of hydrogen-bond acceptors (Lipinski definition) is 4. The molecule has 0 amide bonds. The molecule has 0 aliphatic carbocycles. The Bertz CT molecular complexity index is 188. The maximum atomic E-state index is 9.07. The highest BCUT2D eigenvalue weighted by molar-refractivity contribution is 7.14. The van der Waals surface area contributed by atoms with Gasteiger partial charge in [0.05, 0.1) is 11.1 Å². The van der Waals surface area contributed by atoms with Crippen molar-refractivity contribution in [1.29, 1.82) is 0 Å². The number of nitrogens with two attached hydrogens (primary N) is 1. The zero-order valence-electron chi connectivity index (χ0n) is 6.16. The van der Waals surface area contributed by atoms with Crippen LogP contribution in [-0.2, 0) is 0 Å². The van der Waals surface area contributed by atoms with Crippen molar-refractivity contribution in [2.75, 3.05) is 18.4 Å². The number of hydrogen-bond donors (Lipinski definition) is 3. The predicted octanol–water partition coefficient (Wildman–Crippen LogP) is 0.480. The van der Waals surface area contributed by atoms with E-state index in [2.05, 4.69) is 5.32 Å². The van der Waals surface area contributed by atoms with Crippen molar-refractivity contribution in [2.45, 2.75) is 6.10 Å². The van der Waals surface area contributed by atoms with Crippen LogP contribution >= 0.6 is 11.3 Å². The Kier molecular flexibility index (Phi) is 3.35. The summed E-state index contributed by atoms with van der Waals surface area (Å²) in [5, 5.41) is 15.2. The molecule has 4 N–H and O–H groups in total. The van der Waals surface area contributed by atoms with Crippen LogP contribution in [0.3, 0.4) is 0 Å². The van der Waals surface area contributed by atoms with Gasteiger partial charge in [0.2, 0.25) is 0 Å². The molecule has 1 unspecified atom stereocenters. The number of thiophene rings is 1. The topological polar surface area (TPSA) is 58.3 Å². The van der Waals surface area contributed by atoms with E-state index in [1.807, 2.05) is 17.5 Å². The first-order valence-corrected chi connectivity index (χ1v) is 4.36. The fourth-order valence-corrected chi connectivity index (χ4v) is 1.31. The Balaban J connectivity index is 2.23. The lowest BCUT2D eigenvalue weighted by Gasteiger charge is -2.07. The van der Waals surface area contributed by atoms with E-state index in [-0.39, 0.29) is 0 Å². The molecule has 11 heavy (non-hydrogen) atoms. The minimum absolute atomic E-state index is 0.304. The molecule has 62 valence electrons. The van der Waals surface area contributed by atoms with Gasteiger partial charge in [0.25, 0.3) is 0 Å². The fraction of sp³-hybridized carbons (Fsp3) is 0.429. The third kappa shape index (κ3) is 2.88. The van der Waals surface area contributed by atoms with E-state index in [4.69, 9.17) is 10.8 Å². The van der Waals surface area contributed by atoms with Crippen molar-refractivity contribution in [3.63, 3.8) is 0 Å². The van der Waals surface area contributed by atoms with Gasteiger partial charge >= 0.3 is 0 Å². The second-order valence-electron chi connectivity index (χ2n) is 2.25. The van der Waals surface area contributed by atoms with E-state index in [1.54, 1.807) is 11.3 Å². The minimum atomic E-state index is -0.447. The molecule has 1 atom stereocenters. The average molecular weight is 172 g/mol. The highest BCUT2D eigenvalue weighted by Gasteiger charge is 1.99. The van der Waals surface area contributed by atoms with Crippen LogP contribution in [0.5, 0.6) is 0 Å². The van der Waals surface area contributed by atoms with Gasteiger partial charge in [-0.1, -0.05) is 0 Å². The second-order valence-corrected chi connectivity index (χ2v) is 3.20. The highest BCUT2D eigenvalue weighted by Crippen LogP contribution is 2.14. The summed E-state index contributed by atoms with van der Waals surface area (Å²) in [5.74, 6) is 0. The van der Waals surface area contributed by atoms with Crippen molar-refractivity contribution in [3.05, 3.63) is 17.5 Å². The predicted molar refractivity (Wildman–Crippen MR) is 47.9 cm³/mol. The first-order valence-electron chi connectivity index (χ1n) is 3.48. The van der Waals surface area contributed by atoms with E-state index in [0.717, 1.165) is 5.00 Å². The van der Waals surface area contributed by atoms with Crippen molar-refractivity contribution in [1.82, 2.24) is 0 Å². The Morgan fingerprint density at radius 2 is 2.55 bits per heavy atom. The third-order valence-electron chi connectivity index (χ3n) is 1.31. The van der Waals surface area contributed by atoms with Crippen molar-refractivity contribution >= 4 is 16.3 Å². The summed E-state index contributed by atoms with van der Waals surface area (Å²) < 4.78 is 0. The molecule has 1 aromatic rings. The third-order valence-corrected chi connectivity index (χ3v) is 2.13. The van der Waals surface area contributed by atoms with E-state index in [9.17, 15) is 0 Å². The molecule has 1 rings (SSSR count). The van der Waals surface area contributed by atoms with Crippen molar-refractivity contribution in [3.8, 4) is 0 Å². The quantitative estimate of drug-likeness (QED) is 0.619. The SMILES string of the molecule is NCC(O)CNc1cccs1. The lowest BCUT2D eigenvalue weighted by molar-refractivity contribution is 0.196. The maximum Gasteiger partial charge on any atom is 0.0883 e. The molecule has 0 saturated heterocycles. The van der Waals surface area contributed by atoms with Gasteiger partial charge in [-0.25, -0.2) is 0 Å². The molecule has 0 aliphatic rings. The van der Waals surface area contributed by atoms with Gasteiger partial charge in [-0.05, 0) is 17.5 Å². The number of aliphatic hydroxyl groups excluding tert-OH is 1. The summed E-state index contributed by atoms with van der Waals surface area (Å²) in [6.07, 6.45) is -0.447. The molecule has 1 aromatic heterocycles. The van der Waals surface area contributed by atoms with Crippen LogP contribution in [0.1, 0.15) is 0 Å². The Labute approximate surface area is 69.9 Å². The van der Waals surface area contributed by atoms with Crippen LogP contribution in [0.15, 0.2) is 17.5 Å². The second kappa shape index (κ2) is 4.33. The van der Waals surface area contributed by atoms with E-state index >= 15 is 0 Å². The molecule has 0 aliphatic heterocycles. The maximum absolute atomic E-state index is 9.07. The summed E-state index contributed by atoms with van der Waals surface area (Å²) >= 11 is 1.61. The molecule has 0 aromatic carbocycles.